The quantitative estimate of drug-likeness (QED) is 0.920. The summed E-state index contributed by atoms with van der Waals surface area (Å²) in [6.45, 7) is 3.76. The first-order valence-electron chi connectivity index (χ1n) is 6.89. The van der Waals surface area contributed by atoms with Gasteiger partial charge in [-0.05, 0) is 31.0 Å². The zero-order valence-electron chi connectivity index (χ0n) is 12.4. The van der Waals surface area contributed by atoms with Gasteiger partial charge in [0.2, 0.25) is 0 Å². The molecule has 4 nitrogen and oxygen atoms in total. The average Bonchev–Trinajstić information content (AvgIpc) is 2.49. The van der Waals surface area contributed by atoms with Gasteiger partial charge in [0.05, 0.1) is 24.6 Å². The Labute approximate surface area is 123 Å². The van der Waals surface area contributed by atoms with Gasteiger partial charge in [0.1, 0.15) is 0 Å². The van der Waals surface area contributed by atoms with Crippen molar-refractivity contribution in [2.45, 2.75) is 32.8 Å². The van der Waals surface area contributed by atoms with Crippen molar-refractivity contribution in [3.8, 4) is 5.75 Å². The number of aliphatic hydroxyl groups is 1. The standard InChI is InChI=1S/C16H19FN2O2/c1-4-13-12(8-10(2)18-19-13)14(20)9-11-6-5-7-15(21-3)16(11)17/h5-8,14,20H,4,9H2,1-3H3. The van der Waals surface area contributed by atoms with Gasteiger partial charge in [-0.15, -0.1) is 0 Å². The summed E-state index contributed by atoms with van der Waals surface area (Å²) in [5, 5.41) is 18.5. The summed E-state index contributed by atoms with van der Waals surface area (Å²) in [4.78, 5) is 0. The van der Waals surface area contributed by atoms with E-state index in [9.17, 15) is 9.50 Å². The van der Waals surface area contributed by atoms with Crippen molar-refractivity contribution in [3.63, 3.8) is 0 Å². The molecule has 0 aliphatic heterocycles. The fourth-order valence-electron chi connectivity index (χ4n) is 2.29. The molecule has 1 aromatic carbocycles. The molecule has 2 rings (SSSR count). The molecule has 1 aromatic heterocycles. The number of aromatic nitrogens is 2. The van der Waals surface area contributed by atoms with Crippen LogP contribution in [0.25, 0.3) is 0 Å². The Balaban J connectivity index is 2.30. The molecule has 0 fully saturated rings. The van der Waals surface area contributed by atoms with Gasteiger partial charge in [0, 0.05) is 12.0 Å². The Morgan fingerprint density at radius 3 is 2.76 bits per heavy atom. The van der Waals surface area contributed by atoms with Crippen LogP contribution in [0.5, 0.6) is 5.75 Å². The first kappa shape index (κ1) is 15.4. The molecule has 1 N–H and O–H groups in total. The van der Waals surface area contributed by atoms with Gasteiger partial charge in [-0.3, -0.25) is 0 Å². The van der Waals surface area contributed by atoms with Crippen molar-refractivity contribution >= 4 is 0 Å². The Morgan fingerprint density at radius 1 is 1.33 bits per heavy atom. The van der Waals surface area contributed by atoms with E-state index in [1.54, 1.807) is 24.3 Å². The number of halogens is 1. The van der Waals surface area contributed by atoms with E-state index in [1.165, 1.54) is 7.11 Å². The normalized spacial score (nSPS) is 12.2. The highest BCUT2D eigenvalue weighted by Crippen LogP contribution is 2.26. The molecule has 0 saturated carbocycles. The Morgan fingerprint density at radius 2 is 2.10 bits per heavy atom. The molecule has 112 valence electrons. The topological polar surface area (TPSA) is 55.2 Å². The molecule has 0 saturated heterocycles. The predicted molar refractivity (Wildman–Crippen MR) is 77.8 cm³/mol. The molecule has 0 spiro atoms. The third-order valence-corrected chi connectivity index (χ3v) is 3.40. The molecule has 1 heterocycles. The minimum absolute atomic E-state index is 0.168. The molecule has 0 radical (unpaired) electrons. The molecule has 0 aliphatic carbocycles. The number of rotatable bonds is 5. The number of aliphatic hydroxyl groups excluding tert-OH is 1. The number of hydrogen-bond donors (Lipinski definition) is 1. The third kappa shape index (κ3) is 3.36. The van der Waals surface area contributed by atoms with Crippen LogP contribution in [0.2, 0.25) is 0 Å². The first-order valence-corrected chi connectivity index (χ1v) is 6.89. The zero-order valence-corrected chi connectivity index (χ0v) is 12.4. The van der Waals surface area contributed by atoms with E-state index in [2.05, 4.69) is 10.2 Å². The first-order chi connectivity index (χ1) is 10.1. The molecule has 0 bridgehead atoms. The maximum absolute atomic E-state index is 14.1. The Bertz CT molecular complexity index is 632. The molecular weight excluding hydrogens is 271 g/mol. The lowest BCUT2D eigenvalue weighted by Crippen LogP contribution is -2.10. The number of hydrogen-bond acceptors (Lipinski definition) is 4. The van der Waals surface area contributed by atoms with Crippen LogP contribution in [0.1, 0.15) is 35.5 Å². The van der Waals surface area contributed by atoms with E-state index in [0.29, 0.717) is 17.5 Å². The van der Waals surface area contributed by atoms with Crippen LogP contribution >= 0.6 is 0 Å². The maximum Gasteiger partial charge on any atom is 0.168 e. The maximum atomic E-state index is 14.1. The highest BCUT2D eigenvalue weighted by molar-refractivity contribution is 5.33. The number of nitrogens with zero attached hydrogens (tertiary/aromatic N) is 2. The van der Waals surface area contributed by atoms with Gasteiger partial charge < -0.3 is 9.84 Å². The SMILES string of the molecule is CCc1nnc(C)cc1C(O)Cc1cccc(OC)c1F. The van der Waals surface area contributed by atoms with Crippen LogP contribution in [-0.2, 0) is 12.8 Å². The zero-order chi connectivity index (χ0) is 15.4. The number of benzene rings is 1. The van der Waals surface area contributed by atoms with Gasteiger partial charge in [-0.2, -0.15) is 10.2 Å². The van der Waals surface area contributed by atoms with Crippen LogP contribution in [0.3, 0.4) is 0 Å². The lowest BCUT2D eigenvalue weighted by atomic mass is 9.98. The summed E-state index contributed by atoms with van der Waals surface area (Å²) >= 11 is 0. The largest absolute Gasteiger partial charge is 0.494 e. The number of aryl methyl sites for hydroxylation is 2. The fourth-order valence-corrected chi connectivity index (χ4v) is 2.29. The van der Waals surface area contributed by atoms with Crippen LogP contribution in [0, 0.1) is 12.7 Å². The molecule has 1 unspecified atom stereocenters. The molecule has 5 heteroatoms. The molecule has 0 amide bonds. The molecular formula is C16H19FN2O2. The molecule has 21 heavy (non-hydrogen) atoms. The smallest absolute Gasteiger partial charge is 0.168 e. The van der Waals surface area contributed by atoms with Gasteiger partial charge in [0.25, 0.3) is 0 Å². The van der Waals surface area contributed by atoms with Gasteiger partial charge in [-0.25, -0.2) is 4.39 Å². The second-order valence-electron chi connectivity index (χ2n) is 4.89. The second-order valence-corrected chi connectivity index (χ2v) is 4.89. The van der Waals surface area contributed by atoms with E-state index < -0.39 is 11.9 Å². The van der Waals surface area contributed by atoms with E-state index in [-0.39, 0.29) is 12.2 Å². The Hall–Kier alpha value is -2.01. The predicted octanol–water partition coefficient (Wildman–Crippen LogP) is 2.77. The molecule has 2 aromatic rings. The van der Waals surface area contributed by atoms with Crippen LogP contribution in [0.4, 0.5) is 4.39 Å². The van der Waals surface area contributed by atoms with Crippen molar-refractivity contribution in [2.24, 2.45) is 0 Å². The minimum atomic E-state index is -0.823. The highest BCUT2D eigenvalue weighted by Gasteiger charge is 2.17. The minimum Gasteiger partial charge on any atom is -0.494 e. The lowest BCUT2D eigenvalue weighted by molar-refractivity contribution is 0.175. The summed E-state index contributed by atoms with van der Waals surface area (Å²) in [7, 11) is 1.42. The monoisotopic (exact) mass is 290 g/mol. The van der Waals surface area contributed by atoms with E-state index in [0.717, 1.165) is 11.4 Å². The van der Waals surface area contributed by atoms with Crippen molar-refractivity contribution in [2.75, 3.05) is 7.11 Å². The van der Waals surface area contributed by atoms with Crippen LogP contribution < -0.4 is 4.74 Å². The molecule has 0 aliphatic rings. The number of ether oxygens (including phenoxy) is 1. The summed E-state index contributed by atoms with van der Waals surface area (Å²) < 4.78 is 19.1. The summed E-state index contributed by atoms with van der Waals surface area (Å²) in [5.74, 6) is -0.254. The Kier molecular flexibility index (Phi) is 4.85. The fraction of sp³-hybridized carbons (Fsp3) is 0.375. The van der Waals surface area contributed by atoms with Gasteiger partial charge in [0.15, 0.2) is 11.6 Å². The highest BCUT2D eigenvalue weighted by atomic mass is 19.1. The molecule has 1 atom stereocenters. The van der Waals surface area contributed by atoms with E-state index in [4.69, 9.17) is 4.74 Å². The lowest BCUT2D eigenvalue weighted by Gasteiger charge is -2.15. The summed E-state index contributed by atoms with van der Waals surface area (Å²) in [6, 6.07) is 6.71. The van der Waals surface area contributed by atoms with Gasteiger partial charge >= 0.3 is 0 Å². The van der Waals surface area contributed by atoms with Crippen LogP contribution in [-0.4, -0.2) is 22.4 Å². The van der Waals surface area contributed by atoms with Crippen molar-refractivity contribution in [3.05, 3.63) is 52.6 Å². The van der Waals surface area contributed by atoms with Gasteiger partial charge in [-0.1, -0.05) is 19.1 Å². The van der Waals surface area contributed by atoms with Crippen LogP contribution in [0.15, 0.2) is 24.3 Å². The third-order valence-electron chi connectivity index (χ3n) is 3.40. The number of methoxy groups -OCH3 is 1. The van der Waals surface area contributed by atoms with Crippen molar-refractivity contribution < 1.29 is 14.2 Å². The summed E-state index contributed by atoms with van der Waals surface area (Å²) in [6.07, 6.45) is 0.0114. The van der Waals surface area contributed by atoms with Crippen molar-refractivity contribution in [1.29, 1.82) is 0 Å². The average molecular weight is 290 g/mol. The second kappa shape index (κ2) is 6.63. The van der Waals surface area contributed by atoms with E-state index in [1.807, 2.05) is 13.8 Å². The van der Waals surface area contributed by atoms with E-state index >= 15 is 0 Å². The summed E-state index contributed by atoms with van der Waals surface area (Å²) in [5.41, 5.74) is 2.58. The van der Waals surface area contributed by atoms with Crippen molar-refractivity contribution in [1.82, 2.24) is 10.2 Å².